The van der Waals surface area contributed by atoms with Crippen molar-refractivity contribution in [3.8, 4) is 0 Å². The van der Waals surface area contributed by atoms with Crippen LogP contribution in [0.4, 0.5) is 0 Å². The molecule has 0 aliphatic rings. The molecule has 1 atom stereocenters. The summed E-state index contributed by atoms with van der Waals surface area (Å²) in [5.41, 5.74) is 8.54. The second kappa shape index (κ2) is 6.99. The number of nitrogens with two attached hydrogens (primary N) is 1. The zero-order valence-corrected chi connectivity index (χ0v) is 12.5. The van der Waals surface area contributed by atoms with Gasteiger partial charge in [-0.3, -0.25) is 0 Å². The summed E-state index contributed by atoms with van der Waals surface area (Å²) in [4.78, 5) is 1.25. The molecule has 0 aliphatic carbocycles. The Kier molecular flexibility index (Phi) is 5.32. The fourth-order valence-electron chi connectivity index (χ4n) is 1.91. The molecule has 0 aromatic heterocycles. The minimum absolute atomic E-state index is 0.106. The summed E-state index contributed by atoms with van der Waals surface area (Å²) >= 11 is 7.98. The molecule has 0 fully saturated rings. The van der Waals surface area contributed by atoms with E-state index in [1.807, 2.05) is 24.3 Å². The maximum Gasteiger partial charge on any atom is 0.0446 e. The zero-order chi connectivity index (χ0) is 13.7. The molecule has 0 aliphatic heterocycles. The first kappa shape index (κ1) is 14.4. The van der Waals surface area contributed by atoms with Gasteiger partial charge in [-0.25, -0.2) is 0 Å². The number of benzene rings is 2. The molecule has 0 unspecified atom stereocenters. The Morgan fingerprint density at radius 1 is 1.11 bits per heavy atom. The van der Waals surface area contributed by atoms with E-state index in [-0.39, 0.29) is 6.04 Å². The Morgan fingerprint density at radius 3 is 2.53 bits per heavy atom. The molecule has 0 bridgehead atoms. The first-order valence-corrected chi connectivity index (χ1v) is 7.79. The summed E-state index contributed by atoms with van der Waals surface area (Å²) in [5.74, 6) is 0.868. The summed E-state index contributed by atoms with van der Waals surface area (Å²) in [6.07, 6.45) is 0.948. The van der Waals surface area contributed by atoms with E-state index in [0.29, 0.717) is 0 Å². The average Bonchev–Trinajstić information content (AvgIpc) is 2.46. The zero-order valence-electron chi connectivity index (χ0n) is 11.0. The molecule has 1 nitrogen and oxygen atoms in total. The van der Waals surface area contributed by atoms with Crippen molar-refractivity contribution in [3.63, 3.8) is 0 Å². The number of hydrogen-bond donors (Lipinski definition) is 1. The molecule has 0 saturated carbocycles. The normalized spacial score (nSPS) is 12.4. The Labute approximate surface area is 124 Å². The Morgan fingerprint density at radius 2 is 1.79 bits per heavy atom. The molecule has 0 spiro atoms. The lowest BCUT2D eigenvalue weighted by molar-refractivity contribution is 0.685. The first-order chi connectivity index (χ1) is 9.22. The van der Waals surface area contributed by atoms with E-state index in [2.05, 4.69) is 31.2 Å². The van der Waals surface area contributed by atoms with Crippen molar-refractivity contribution in [2.75, 3.05) is 0 Å². The molecule has 0 heterocycles. The van der Waals surface area contributed by atoms with Gasteiger partial charge in [0.2, 0.25) is 0 Å². The van der Waals surface area contributed by atoms with Crippen molar-refractivity contribution < 1.29 is 0 Å². The number of halogens is 1. The third-order valence-corrected chi connectivity index (χ3v) is 4.61. The Hall–Kier alpha value is -0.960. The quantitative estimate of drug-likeness (QED) is 0.781. The van der Waals surface area contributed by atoms with Gasteiger partial charge in [-0.1, -0.05) is 54.9 Å². The Balaban J connectivity index is 2.14. The van der Waals surface area contributed by atoms with Crippen molar-refractivity contribution in [1.29, 1.82) is 0 Å². The molecule has 19 heavy (non-hydrogen) atoms. The minimum atomic E-state index is 0.106. The van der Waals surface area contributed by atoms with Crippen molar-refractivity contribution >= 4 is 23.4 Å². The second-order valence-electron chi connectivity index (χ2n) is 4.43. The van der Waals surface area contributed by atoms with Gasteiger partial charge in [-0.2, -0.15) is 0 Å². The van der Waals surface area contributed by atoms with Crippen LogP contribution in [0, 0.1) is 0 Å². The maximum atomic E-state index is 6.18. The molecular formula is C16H18ClNS. The van der Waals surface area contributed by atoms with Crippen molar-refractivity contribution in [1.82, 2.24) is 0 Å². The van der Waals surface area contributed by atoms with Crippen molar-refractivity contribution in [2.45, 2.75) is 30.0 Å². The van der Waals surface area contributed by atoms with E-state index in [1.165, 1.54) is 10.5 Å². The summed E-state index contributed by atoms with van der Waals surface area (Å²) in [6, 6.07) is 16.4. The predicted octanol–water partition coefficient (Wildman–Crippen LogP) is 5.04. The van der Waals surface area contributed by atoms with E-state index in [9.17, 15) is 0 Å². The van der Waals surface area contributed by atoms with Crippen LogP contribution in [-0.2, 0) is 5.75 Å². The van der Waals surface area contributed by atoms with Crippen LogP contribution in [0.3, 0.4) is 0 Å². The van der Waals surface area contributed by atoms with E-state index < -0.39 is 0 Å². The van der Waals surface area contributed by atoms with Crippen LogP contribution < -0.4 is 5.73 Å². The molecular weight excluding hydrogens is 274 g/mol. The van der Waals surface area contributed by atoms with Gasteiger partial charge >= 0.3 is 0 Å². The van der Waals surface area contributed by atoms with Crippen LogP contribution in [0.2, 0.25) is 5.02 Å². The van der Waals surface area contributed by atoms with Crippen LogP contribution in [0.25, 0.3) is 0 Å². The number of rotatable bonds is 5. The van der Waals surface area contributed by atoms with Gasteiger partial charge in [0.15, 0.2) is 0 Å². The fraction of sp³-hybridized carbons (Fsp3) is 0.250. The van der Waals surface area contributed by atoms with E-state index in [1.54, 1.807) is 11.8 Å². The van der Waals surface area contributed by atoms with Crippen LogP contribution in [0.15, 0.2) is 53.4 Å². The van der Waals surface area contributed by atoms with Gasteiger partial charge in [0, 0.05) is 21.7 Å². The molecule has 3 heteroatoms. The van der Waals surface area contributed by atoms with E-state index >= 15 is 0 Å². The maximum absolute atomic E-state index is 6.18. The molecule has 0 radical (unpaired) electrons. The van der Waals surface area contributed by atoms with Crippen LogP contribution in [0.1, 0.15) is 30.5 Å². The smallest absolute Gasteiger partial charge is 0.0446 e. The molecule has 0 saturated heterocycles. The Bertz CT molecular complexity index is 542. The fourth-order valence-corrected chi connectivity index (χ4v) is 3.31. The molecule has 2 aromatic rings. The third kappa shape index (κ3) is 3.75. The van der Waals surface area contributed by atoms with Gasteiger partial charge in [-0.05, 0) is 29.7 Å². The third-order valence-electron chi connectivity index (χ3n) is 3.10. The summed E-state index contributed by atoms with van der Waals surface area (Å²) < 4.78 is 0. The summed E-state index contributed by atoms with van der Waals surface area (Å²) in [6.45, 7) is 2.11. The van der Waals surface area contributed by atoms with Crippen molar-refractivity contribution in [2.24, 2.45) is 5.73 Å². The molecule has 2 aromatic carbocycles. The van der Waals surface area contributed by atoms with E-state index in [4.69, 9.17) is 17.3 Å². The lowest BCUT2D eigenvalue weighted by Crippen LogP contribution is -2.09. The lowest BCUT2D eigenvalue weighted by Gasteiger charge is -2.14. The number of hydrogen-bond acceptors (Lipinski definition) is 2. The highest BCUT2D eigenvalue weighted by Crippen LogP contribution is 2.31. The van der Waals surface area contributed by atoms with Gasteiger partial charge in [-0.15, -0.1) is 11.8 Å². The monoisotopic (exact) mass is 291 g/mol. The van der Waals surface area contributed by atoms with Crippen LogP contribution >= 0.6 is 23.4 Å². The topological polar surface area (TPSA) is 26.0 Å². The molecule has 100 valence electrons. The SMILES string of the molecule is CC[C@H](N)c1ccccc1SCc1ccccc1Cl. The van der Waals surface area contributed by atoms with Gasteiger partial charge in [0.1, 0.15) is 0 Å². The highest BCUT2D eigenvalue weighted by Gasteiger charge is 2.09. The predicted molar refractivity (Wildman–Crippen MR) is 84.7 cm³/mol. The first-order valence-electron chi connectivity index (χ1n) is 6.43. The standard InChI is InChI=1S/C16H18ClNS/c1-2-15(18)13-8-4-6-10-16(13)19-11-12-7-3-5-9-14(12)17/h3-10,15H,2,11,18H2,1H3/t15-/m0/s1. The largest absolute Gasteiger partial charge is 0.324 e. The number of thioether (sulfide) groups is 1. The van der Waals surface area contributed by atoms with Crippen molar-refractivity contribution in [3.05, 3.63) is 64.7 Å². The van der Waals surface area contributed by atoms with Gasteiger partial charge in [0.05, 0.1) is 0 Å². The van der Waals surface area contributed by atoms with Crippen LogP contribution in [-0.4, -0.2) is 0 Å². The highest BCUT2D eigenvalue weighted by molar-refractivity contribution is 7.98. The van der Waals surface area contributed by atoms with E-state index in [0.717, 1.165) is 22.8 Å². The summed E-state index contributed by atoms with van der Waals surface area (Å²) in [7, 11) is 0. The highest BCUT2D eigenvalue weighted by atomic mass is 35.5. The van der Waals surface area contributed by atoms with Gasteiger partial charge in [0.25, 0.3) is 0 Å². The van der Waals surface area contributed by atoms with Crippen LogP contribution in [0.5, 0.6) is 0 Å². The second-order valence-corrected chi connectivity index (χ2v) is 5.86. The average molecular weight is 292 g/mol. The molecule has 2 N–H and O–H groups in total. The lowest BCUT2D eigenvalue weighted by atomic mass is 10.1. The van der Waals surface area contributed by atoms with Gasteiger partial charge < -0.3 is 5.73 Å². The molecule has 2 rings (SSSR count). The molecule has 0 amide bonds. The minimum Gasteiger partial charge on any atom is -0.324 e. The summed E-state index contributed by atoms with van der Waals surface area (Å²) in [5, 5.41) is 0.826.